The van der Waals surface area contributed by atoms with Crippen molar-refractivity contribution in [3.63, 3.8) is 0 Å². The van der Waals surface area contributed by atoms with Gasteiger partial charge in [-0.15, -0.1) is 11.8 Å². The van der Waals surface area contributed by atoms with E-state index in [9.17, 15) is 14.4 Å². The van der Waals surface area contributed by atoms with Gasteiger partial charge in [-0.05, 0) is 76.5 Å². The Morgan fingerprint density at radius 3 is 2.09 bits per heavy atom. The maximum Gasteiger partial charge on any atom is 0.272 e. The normalized spacial score (nSPS) is 11.8. The Bertz CT molecular complexity index is 2030. The highest BCUT2D eigenvalue weighted by Crippen LogP contribution is 2.36. The summed E-state index contributed by atoms with van der Waals surface area (Å²) >= 11 is 1.39. The fraction of sp³-hybridized carbons (Fsp3) is 0.0256. The van der Waals surface area contributed by atoms with E-state index in [1.54, 1.807) is 60.8 Å². The minimum absolute atomic E-state index is 0.101. The summed E-state index contributed by atoms with van der Waals surface area (Å²) < 4.78 is 0. The van der Waals surface area contributed by atoms with Gasteiger partial charge in [0.1, 0.15) is 16.8 Å². The van der Waals surface area contributed by atoms with E-state index in [0.29, 0.717) is 17.1 Å². The molecule has 1 atom stereocenters. The largest absolute Gasteiger partial charge is 0.321 e. The molecule has 0 aliphatic heterocycles. The fourth-order valence-corrected chi connectivity index (χ4v) is 5.98. The van der Waals surface area contributed by atoms with Gasteiger partial charge >= 0.3 is 0 Å². The molecule has 3 N–H and O–H groups in total. The summed E-state index contributed by atoms with van der Waals surface area (Å²) in [5, 5.41) is 10.1. The molecule has 0 radical (unpaired) electrons. The average molecular weight is 635 g/mol. The molecule has 0 saturated carbocycles. The molecule has 0 bridgehead atoms. The number of nitrogens with one attached hydrogen (secondary N) is 3. The van der Waals surface area contributed by atoms with Gasteiger partial charge in [0.25, 0.3) is 11.8 Å². The van der Waals surface area contributed by atoms with Crippen LogP contribution in [0.3, 0.4) is 0 Å². The van der Waals surface area contributed by atoms with Gasteiger partial charge in [0.15, 0.2) is 0 Å². The third kappa shape index (κ3) is 8.00. The van der Waals surface area contributed by atoms with Crippen LogP contribution in [0.4, 0.5) is 11.5 Å². The van der Waals surface area contributed by atoms with Crippen molar-refractivity contribution in [2.45, 2.75) is 10.1 Å². The molecule has 1 heterocycles. The summed E-state index contributed by atoms with van der Waals surface area (Å²) in [4.78, 5) is 45.2. The number of fused-ring (bicyclic) bond motifs is 1. The predicted octanol–water partition coefficient (Wildman–Crippen LogP) is 8.12. The van der Waals surface area contributed by atoms with Gasteiger partial charge in [0.05, 0.1) is 0 Å². The molecule has 5 aromatic carbocycles. The van der Waals surface area contributed by atoms with E-state index >= 15 is 0 Å². The molecule has 6 aromatic rings. The van der Waals surface area contributed by atoms with Gasteiger partial charge < -0.3 is 16.0 Å². The molecule has 47 heavy (non-hydrogen) atoms. The van der Waals surface area contributed by atoms with E-state index in [4.69, 9.17) is 0 Å². The number of anilines is 2. The second-order valence-electron chi connectivity index (χ2n) is 10.5. The average Bonchev–Trinajstić information content (AvgIpc) is 3.12. The molecule has 1 unspecified atom stereocenters. The third-order valence-electron chi connectivity index (χ3n) is 7.27. The summed E-state index contributed by atoms with van der Waals surface area (Å²) in [6.45, 7) is 0. The number of carbonyl (C=O) groups is 3. The number of thioether (sulfide) groups is 1. The fourth-order valence-electron chi connectivity index (χ4n) is 4.95. The van der Waals surface area contributed by atoms with Crippen molar-refractivity contribution in [1.29, 1.82) is 0 Å². The summed E-state index contributed by atoms with van der Waals surface area (Å²) in [5.41, 5.74) is 2.71. The Balaban J connectivity index is 1.22. The first-order chi connectivity index (χ1) is 23.0. The molecule has 8 heteroatoms. The number of rotatable bonds is 10. The first-order valence-electron chi connectivity index (χ1n) is 14.9. The van der Waals surface area contributed by atoms with Crippen molar-refractivity contribution in [2.24, 2.45) is 0 Å². The highest BCUT2D eigenvalue weighted by Gasteiger charge is 2.23. The molecule has 0 fully saturated rings. The quantitative estimate of drug-likeness (QED) is 0.104. The zero-order valence-corrected chi connectivity index (χ0v) is 26.0. The lowest BCUT2D eigenvalue weighted by Crippen LogP contribution is -2.30. The van der Waals surface area contributed by atoms with Crippen molar-refractivity contribution in [3.8, 4) is 0 Å². The first kappa shape index (κ1) is 31.0. The lowest BCUT2D eigenvalue weighted by Gasteiger charge is -2.17. The number of hydrogen-bond acceptors (Lipinski definition) is 5. The van der Waals surface area contributed by atoms with Crippen LogP contribution in [0.1, 0.15) is 26.7 Å². The summed E-state index contributed by atoms with van der Waals surface area (Å²) in [7, 11) is 0. The molecule has 7 nitrogen and oxygen atoms in total. The van der Waals surface area contributed by atoms with Crippen LogP contribution in [-0.2, 0) is 9.59 Å². The molecule has 0 aliphatic carbocycles. The standard InChI is InChI=1S/C39H30N4O3S/c44-37(29-15-5-2-6-16-29)42-34(26-30-18-11-17-27-12-7-8-19-33(27)30)38(45)41-31-21-23-32(24-22-31)47-36(28-13-3-1-4-14-28)39(46)43-35-20-9-10-25-40-35/h1-26,36H,(H,41,45)(H,42,44)(H,40,43,46)/b34-26-. The Kier molecular flexibility index (Phi) is 9.81. The van der Waals surface area contributed by atoms with Crippen LogP contribution in [-0.4, -0.2) is 22.7 Å². The van der Waals surface area contributed by atoms with Crippen molar-refractivity contribution in [2.75, 3.05) is 10.6 Å². The van der Waals surface area contributed by atoms with Crippen molar-refractivity contribution in [3.05, 3.63) is 174 Å². The maximum absolute atomic E-state index is 13.7. The minimum Gasteiger partial charge on any atom is -0.321 e. The van der Waals surface area contributed by atoms with Crippen LogP contribution in [0.5, 0.6) is 0 Å². The molecule has 3 amide bonds. The zero-order valence-electron chi connectivity index (χ0n) is 25.2. The Labute approximate surface area is 276 Å². The van der Waals surface area contributed by atoms with Crippen LogP contribution < -0.4 is 16.0 Å². The lowest BCUT2D eigenvalue weighted by molar-refractivity contribution is -0.116. The second kappa shape index (κ2) is 14.9. The van der Waals surface area contributed by atoms with Gasteiger partial charge in [0, 0.05) is 22.3 Å². The SMILES string of the molecule is O=C(Nc1ccc(SC(C(=O)Nc2ccccn2)c2ccccc2)cc1)/C(=C/c1cccc2ccccc12)NC(=O)c1ccccc1. The highest BCUT2D eigenvalue weighted by atomic mass is 32.2. The van der Waals surface area contributed by atoms with E-state index in [1.807, 2.05) is 97.1 Å². The summed E-state index contributed by atoms with van der Waals surface area (Å²) in [5.74, 6) is -0.590. The van der Waals surface area contributed by atoms with Gasteiger partial charge in [-0.2, -0.15) is 0 Å². The van der Waals surface area contributed by atoms with E-state index in [0.717, 1.165) is 26.8 Å². The first-order valence-corrected chi connectivity index (χ1v) is 15.8. The number of amides is 3. The van der Waals surface area contributed by atoms with E-state index < -0.39 is 17.1 Å². The summed E-state index contributed by atoms with van der Waals surface area (Å²) in [6.07, 6.45) is 3.32. The Hall–Kier alpha value is -5.99. The third-order valence-corrected chi connectivity index (χ3v) is 8.54. The van der Waals surface area contributed by atoms with Gasteiger partial charge in [-0.25, -0.2) is 4.98 Å². The van der Waals surface area contributed by atoms with Crippen LogP contribution in [0.25, 0.3) is 16.8 Å². The maximum atomic E-state index is 13.7. The number of benzene rings is 5. The highest BCUT2D eigenvalue weighted by molar-refractivity contribution is 8.00. The van der Waals surface area contributed by atoms with Crippen molar-refractivity contribution >= 4 is 57.8 Å². The van der Waals surface area contributed by atoms with Crippen molar-refractivity contribution < 1.29 is 14.4 Å². The van der Waals surface area contributed by atoms with Gasteiger partial charge in [-0.1, -0.05) is 97.1 Å². The summed E-state index contributed by atoms with van der Waals surface area (Å²) in [6, 6.07) is 44.6. The molecule has 6 rings (SSSR count). The number of aromatic nitrogens is 1. The molecule has 0 saturated heterocycles. The molecular weight excluding hydrogens is 605 g/mol. The molecule has 0 aliphatic rings. The van der Waals surface area contributed by atoms with E-state index in [1.165, 1.54) is 11.8 Å². The Morgan fingerprint density at radius 1 is 0.660 bits per heavy atom. The molecular formula is C39H30N4O3S. The minimum atomic E-state index is -0.540. The number of carbonyl (C=O) groups excluding carboxylic acids is 3. The molecule has 1 aromatic heterocycles. The number of nitrogens with zero attached hydrogens (tertiary/aromatic N) is 1. The lowest BCUT2D eigenvalue weighted by atomic mass is 10.0. The smallest absolute Gasteiger partial charge is 0.272 e. The molecule has 230 valence electrons. The van der Waals surface area contributed by atoms with Crippen LogP contribution in [0, 0.1) is 0 Å². The number of pyridine rings is 1. The van der Waals surface area contributed by atoms with Gasteiger partial charge in [0.2, 0.25) is 5.91 Å². The number of hydrogen-bond donors (Lipinski definition) is 3. The Morgan fingerprint density at radius 2 is 1.34 bits per heavy atom. The topological polar surface area (TPSA) is 100 Å². The molecule has 0 spiro atoms. The van der Waals surface area contributed by atoms with Gasteiger partial charge in [-0.3, -0.25) is 14.4 Å². The van der Waals surface area contributed by atoms with Crippen LogP contribution in [0.15, 0.2) is 162 Å². The van der Waals surface area contributed by atoms with Crippen LogP contribution >= 0.6 is 11.8 Å². The second-order valence-corrected chi connectivity index (χ2v) is 11.7. The van der Waals surface area contributed by atoms with Crippen molar-refractivity contribution in [1.82, 2.24) is 10.3 Å². The predicted molar refractivity (Wildman–Crippen MR) is 189 cm³/mol. The zero-order chi connectivity index (χ0) is 32.4. The van der Waals surface area contributed by atoms with E-state index in [2.05, 4.69) is 20.9 Å². The van der Waals surface area contributed by atoms with E-state index in [-0.39, 0.29) is 11.6 Å². The monoisotopic (exact) mass is 634 g/mol. The van der Waals surface area contributed by atoms with Crippen LogP contribution in [0.2, 0.25) is 0 Å².